The van der Waals surface area contributed by atoms with Crippen molar-refractivity contribution in [2.75, 3.05) is 38.1 Å². The molecular formula is C20H27N5O. The molecule has 138 valence electrons. The zero-order valence-corrected chi connectivity index (χ0v) is 15.2. The van der Waals surface area contributed by atoms with Crippen LogP contribution in [0.15, 0.2) is 42.7 Å². The Kier molecular flexibility index (Phi) is 5.43. The fourth-order valence-corrected chi connectivity index (χ4v) is 3.81. The molecule has 1 aromatic carbocycles. The maximum Gasteiger partial charge on any atom is 0.222 e. The molecule has 1 aromatic heterocycles. The van der Waals surface area contributed by atoms with Crippen LogP contribution in [0.4, 0.5) is 5.95 Å². The Morgan fingerprint density at radius 1 is 1.08 bits per heavy atom. The Balaban J connectivity index is 1.31. The quantitative estimate of drug-likeness (QED) is 0.858. The van der Waals surface area contributed by atoms with E-state index in [1.54, 1.807) is 0 Å². The topological polar surface area (TPSA) is 62.3 Å². The smallest absolute Gasteiger partial charge is 0.222 e. The van der Waals surface area contributed by atoms with Crippen molar-refractivity contribution < 1.29 is 4.74 Å². The molecule has 2 fully saturated rings. The molecule has 3 heterocycles. The van der Waals surface area contributed by atoms with Gasteiger partial charge >= 0.3 is 0 Å². The minimum atomic E-state index is 0.0432. The SMILES string of the molecule is c1ccc(CNc2ncc(CN3CCOC4(CCNCC4)C3)cn2)cc1. The Morgan fingerprint density at radius 2 is 1.85 bits per heavy atom. The van der Waals surface area contributed by atoms with E-state index >= 15 is 0 Å². The summed E-state index contributed by atoms with van der Waals surface area (Å²) in [4.78, 5) is 11.4. The molecule has 2 N–H and O–H groups in total. The van der Waals surface area contributed by atoms with Crippen LogP contribution in [0.2, 0.25) is 0 Å². The van der Waals surface area contributed by atoms with E-state index < -0.39 is 0 Å². The van der Waals surface area contributed by atoms with Crippen molar-refractivity contribution in [1.29, 1.82) is 0 Å². The average molecular weight is 353 g/mol. The van der Waals surface area contributed by atoms with Crippen LogP contribution in [-0.4, -0.2) is 53.3 Å². The molecule has 2 saturated heterocycles. The highest BCUT2D eigenvalue weighted by Gasteiger charge is 2.37. The van der Waals surface area contributed by atoms with Crippen molar-refractivity contribution in [3.63, 3.8) is 0 Å². The third-order valence-corrected chi connectivity index (χ3v) is 5.25. The van der Waals surface area contributed by atoms with E-state index in [0.29, 0.717) is 5.95 Å². The highest BCUT2D eigenvalue weighted by atomic mass is 16.5. The molecule has 6 heteroatoms. The molecule has 2 aliphatic heterocycles. The first-order valence-electron chi connectivity index (χ1n) is 9.47. The van der Waals surface area contributed by atoms with Crippen LogP contribution >= 0.6 is 0 Å². The Hall–Kier alpha value is -2.02. The van der Waals surface area contributed by atoms with Gasteiger partial charge in [-0.05, 0) is 31.5 Å². The molecule has 0 aliphatic carbocycles. The maximum atomic E-state index is 6.14. The lowest BCUT2D eigenvalue weighted by Gasteiger charge is -2.45. The largest absolute Gasteiger partial charge is 0.372 e. The molecule has 0 bridgehead atoms. The number of ether oxygens (including phenoxy) is 1. The van der Waals surface area contributed by atoms with Gasteiger partial charge < -0.3 is 15.4 Å². The van der Waals surface area contributed by atoms with E-state index in [0.717, 1.165) is 64.3 Å². The molecule has 26 heavy (non-hydrogen) atoms. The number of nitrogens with one attached hydrogen (secondary N) is 2. The molecule has 2 aliphatic rings. The van der Waals surface area contributed by atoms with E-state index in [1.807, 2.05) is 30.6 Å². The van der Waals surface area contributed by atoms with Crippen LogP contribution in [0.3, 0.4) is 0 Å². The Labute approximate surface area is 155 Å². The lowest BCUT2D eigenvalue weighted by molar-refractivity contribution is -0.125. The molecule has 6 nitrogen and oxygen atoms in total. The minimum absolute atomic E-state index is 0.0432. The lowest BCUT2D eigenvalue weighted by Crippen LogP contribution is -2.55. The minimum Gasteiger partial charge on any atom is -0.372 e. The van der Waals surface area contributed by atoms with Crippen LogP contribution in [0, 0.1) is 0 Å². The summed E-state index contributed by atoms with van der Waals surface area (Å²) in [5.41, 5.74) is 2.42. The normalized spacial score (nSPS) is 20.2. The van der Waals surface area contributed by atoms with Crippen LogP contribution in [0.5, 0.6) is 0 Å². The van der Waals surface area contributed by atoms with Gasteiger partial charge in [0.1, 0.15) is 0 Å². The number of rotatable bonds is 5. The van der Waals surface area contributed by atoms with Crippen LogP contribution in [0.1, 0.15) is 24.0 Å². The van der Waals surface area contributed by atoms with Gasteiger partial charge in [-0.15, -0.1) is 0 Å². The van der Waals surface area contributed by atoms with Crippen molar-refractivity contribution in [2.24, 2.45) is 0 Å². The van der Waals surface area contributed by atoms with Gasteiger partial charge in [0.25, 0.3) is 0 Å². The molecule has 1 spiro atoms. The second-order valence-electron chi connectivity index (χ2n) is 7.25. The first kappa shape index (κ1) is 17.4. The fraction of sp³-hybridized carbons (Fsp3) is 0.500. The van der Waals surface area contributed by atoms with Gasteiger partial charge in [-0.2, -0.15) is 0 Å². The number of benzene rings is 1. The van der Waals surface area contributed by atoms with E-state index in [4.69, 9.17) is 4.74 Å². The lowest BCUT2D eigenvalue weighted by atomic mass is 9.90. The maximum absolute atomic E-state index is 6.14. The molecular weight excluding hydrogens is 326 g/mol. The van der Waals surface area contributed by atoms with Gasteiger partial charge in [0.05, 0.1) is 12.2 Å². The Morgan fingerprint density at radius 3 is 2.62 bits per heavy atom. The van der Waals surface area contributed by atoms with Crippen LogP contribution in [-0.2, 0) is 17.8 Å². The second-order valence-corrected chi connectivity index (χ2v) is 7.25. The van der Waals surface area contributed by atoms with Gasteiger partial charge in [0.2, 0.25) is 5.95 Å². The van der Waals surface area contributed by atoms with Crippen molar-refractivity contribution >= 4 is 5.95 Å². The number of morpholine rings is 1. The number of anilines is 1. The van der Waals surface area contributed by atoms with Gasteiger partial charge in [0.15, 0.2) is 0 Å². The third kappa shape index (κ3) is 4.38. The molecule has 4 rings (SSSR count). The fourth-order valence-electron chi connectivity index (χ4n) is 3.81. The molecule has 0 saturated carbocycles. The second kappa shape index (κ2) is 8.12. The van der Waals surface area contributed by atoms with Crippen LogP contribution < -0.4 is 10.6 Å². The van der Waals surface area contributed by atoms with Crippen molar-refractivity contribution in [3.8, 4) is 0 Å². The Bertz CT molecular complexity index is 680. The summed E-state index contributed by atoms with van der Waals surface area (Å²) < 4.78 is 6.14. The number of hydrogen-bond acceptors (Lipinski definition) is 6. The molecule has 0 amide bonds. The zero-order chi connectivity index (χ0) is 17.7. The molecule has 0 atom stereocenters. The standard InChI is InChI=1S/C20H27N5O/c1-2-4-17(5-3-1)12-22-19-23-13-18(14-24-19)15-25-10-11-26-20(16-25)6-8-21-9-7-20/h1-5,13-14,21H,6-12,15-16H2,(H,22,23,24). The number of aromatic nitrogens is 2. The first-order valence-corrected chi connectivity index (χ1v) is 9.47. The molecule has 2 aromatic rings. The van der Waals surface area contributed by atoms with Gasteiger partial charge in [-0.25, -0.2) is 9.97 Å². The summed E-state index contributed by atoms with van der Waals surface area (Å²) in [7, 11) is 0. The van der Waals surface area contributed by atoms with E-state index in [1.165, 1.54) is 5.56 Å². The van der Waals surface area contributed by atoms with E-state index in [2.05, 4.69) is 37.6 Å². The summed E-state index contributed by atoms with van der Waals surface area (Å²) in [6, 6.07) is 10.3. The van der Waals surface area contributed by atoms with Gasteiger partial charge in [-0.3, -0.25) is 4.90 Å². The van der Waals surface area contributed by atoms with Crippen molar-refractivity contribution in [1.82, 2.24) is 20.2 Å². The highest BCUT2D eigenvalue weighted by molar-refractivity contribution is 5.27. The van der Waals surface area contributed by atoms with Gasteiger partial charge in [0, 0.05) is 44.1 Å². The number of piperidine rings is 1. The first-order chi connectivity index (χ1) is 12.8. The molecule has 0 unspecified atom stereocenters. The average Bonchev–Trinajstić information content (AvgIpc) is 2.69. The predicted octanol–water partition coefficient (Wildman–Crippen LogP) is 2.04. The highest BCUT2D eigenvalue weighted by Crippen LogP contribution is 2.28. The van der Waals surface area contributed by atoms with Gasteiger partial charge in [-0.1, -0.05) is 30.3 Å². The van der Waals surface area contributed by atoms with Crippen molar-refractivity contribution in [3.05, 3.63) is 53.9 Å². The third-order valence-electron chi connectivity index (χ3n) is 5.25. The molecule has 0 radical (unpaired) electrons. The zero-order valence-electron chi connectivity index (χ0n) is 15.2. The monoisotopic (exact) mass is 353 g/mol. The van der Waals surface area contributed by atoms with E-state index in [9.17, 15) is 0 Å². The summed E-state index contributed by atoms with van der Waals surface area (Å²) in [6.07, 6.45) is 6.07. The van der Waals surface area contributed by atoms with Crippen molar-refractivity contribution in [2.45, 2.75) is 31.5 Å². The van der Waals surface area contributed by atoms with Crippen LogP contribution in [0.25, 0.3) is 0 Å². The predicted molar refractivity (Wildman–Crippen MR) is 102 cm³/mol. The van der Waals surface area contributed by atoms with E-state index in [-0.39, 0.29) is 5.60 Å². The summed E-state index contributed by atoms with van der Waals surface area (Å²) in [6.45, 7) is 6.53. The summed E-state index contributed by atoms with van der Waals surface area (Å²) in [5, 5.41) is 6.70. The summed E-state index contributed by atoms with van der Waals surface area (Å²) in [5.74, 6) is 0.675. The number of hydrogen-bond donors (Lipinski definition) is 2. The summed E-state index contributed by atoms with van der Waals surface area (Å²) >= 11 is 0. The number of nitrogens with zero attached hydrogens (tertiary/aromatic N) is 3.